The SMILES string of the molecule is COc1ccc(Cl)cc1NC(=O)[C@@H](C)OC(=O)[C@@H](C)Oc1ccc(C#N)cc1. The number of nitriles is 1. The van der Waals surface area contributed by atoms with Crippen molar-refractivity contribution < 1.29 is 23.8 Å². The molecule has 2 aromatic rings. The largest absolute Gasteiger partial charge is 0.495 e. The van der Waals surface area contributed by atoms with Gasteiger partial charge in [0.25, 0.3) is 5.91 Å². The topological polar surface area (TPSA) is 97.7 Å². The van der Waals surface area contributed by atoms with E-state index < -0.39 is 24.1 Å². The van der Waals surface area contributed by atoms with Gasteiger partial charge in [-0.3, -0.25) is 4.79 Å². The summed E-state index contributed by atoms with van der Waals surface area (Å²) in [4.78, 5) is 24.5. The lowest BCUT2D eigenvalue weighted by atomic mass is 10.2. The molecule has 0 saturated carbocycles. The van der Waals surface area contributed by atoms with Crippen LogP contribution in [0.15, 0.2) is 42.5 Å². The minimum atomic E-state index is -1.07. The molecule has 0 spiro atoms. The second-order valence-electron chi connectivity index (χ2n) is 5.81. The maximum absolute atomic E-state index is 12.3. The number of halogens is 1. The third kappa shape index (κ3) is 5.63. The molecule has 146 valence electrons. The highest BCUT2D eigenvalue weighted by Crippen LogP contribution is 2.27. The van der Waals surface area contributed by atoms with Gasteiger partial charge < -0.3 is 19.5 Å². The second-order valence-corrected chi connectivity index (χ2v) is 6.25. The quantitative estimate of drug-likeness (QED) is 0.711. The molecule has 0 aliphatic carbocycles. The number of carbonyl (C=O) groups excluding carboxylic acids is 2. The molecule has 0 unspecified atom stereocenters. The van der Waals surface area contributed by atoms with Crippen LogP contribution < -0.4 is 14.8 Å². The van der Waals surface area contributed by atoms with Gasteiger partial charge in [-0.05, 0) is 56.3 Å². The van der Waals surface area contributed by atoms with Crippen LogP contribution in [0.3, 0.4) is 0 Å². The van der Waals surface area contributed by atoms with E-state index in [2.05, 4.69) is 5.32 Å². The highest BCUT2D eigenvalue weighted by atomic mass is 35.5. The van der Waals surface area contributed by atoms with Gasteiger partial charge >= 0.3 is 5.97 Å². The zero-order valence-corrected chi connectivity index (χ0v) is 16.3. The molecule has 0 heterocycles. The predicted octanol–water partition coefficient (Wildman–Crippen LogP) is 3.56. The van der Waals surface area contributed by atoms with Gasteiger partial charge in [-0.25, -0.2) is 4.79 Å². The van der Waals surface area contributed by atoms with Crippen molar-refractivity contribution in [2.75, 3.05) is 12.4 Å². The molecule has 0 aromatic heterocycles. The Morgan fingerprint density at radius 2 is 1.79 bits per heavy atom. The maximum atomic E-state index is 12.3. The van der Waals surface area contributed by atoms with E-state index in [0.29, 0.717) is 27.8 Å². The van der Waals surface area contributed by atoms with Crippen LogP contribution in [0.5, 0.6) is 11.5 Å². The number of hydrogen-bond donors (Lipinski definition) is 1. The van der Waals surface area contributed by atoms with Crippen molar-refractivity contribution in [2.24, 2.45) is 0 Å². The van der Waals surface area contributed by atoms with Gasteiger partial charge in [0.2, 0.25) is 0 Å². The highest BCUT2D eigenvalue weighted by molar-refractivity contribution is 6.31. The number of ether oxygens (including phenoxy) is 3. The van der Waals surface area contributed by atoms with Gasteiger partial charge in [0.15, 0.2) is 12.2 Å². The van der Waals surface area contributed by atoms with Crippen LogP contribution >= 0.6 is 11.6 Å². The number of benzene rings is 2. The van der Waals surface area contributed by atoms with Gasteiger partial charge in [0, 0.05) is 5.02 Å². The lowest BCUT2D eigenvalue weighted by Crippen LogP contribution is -2.35. The number of esters is 1. The van der Waals surface area contributed by atoms with Crippen LogP contribution in [-0.2, 0) is 14.3 Å². The van der Waals surface area contributed by atoms with E-state index >= 15 is 0 Å². The monoisotopic (exact) mass is 402 g/mol. The van der Waals surface area contributed by atoms with Crippen LogP contribution in [-0.4, -0.2) is 31.2 Å². The van der Waals surface area contributed by atoms with E-state index in [1.165, 1.54) is 27.0 Å². The summed E-state index contributed by atoms with van der Waals surface area (Å²) in [5.41, 5.74) is 0.842. The van der Waals surface area contributed by atoms with Gasteiger partial charge in [0.05, 0.1) is 24.4 Å². The molecule has 1 amide bonds. The molecule has 0 fully saturated rings. The smallest absolute Gasteiger partial charge is 0.347 e. The average molecular weight is 403 g/mol. The fourth-order valence-corrected chi connectivity index (χ4v) is 2.37. The third-order valence-corrected chi connectivity index (χ3v) is 3.94. The molecule has 0 aliphatic heterocycles. The minimum absolute atomic E-state index is 0.366. The molecule has 0 bridgehead atoms. The van der Waals surface area contributed by atoms with E-state index in [4.69, 9.17) is 31.1 Å². The Kier molecular flexibility index (Phi) is 7.24. The minimum Gasteiger partial charge on any atom is -0.495 e. The van der Waals surface area contributed by atoms with Crippen molar-refractivity contribution in [2.45, 2.75) is 26.1 Å². The Balaban J connectivity index is 1.94. The van der Waals surface area contributed by atoms with Crippen LogP contribution in [0.1, 0.15) is 19.4 Å². The number of nitrogens with one attached hydrogen (secondary N) is 1. The molecule has 2 aromatic carbocycles. The van der Waals surface area contributed by atoms with Crippen LogP contribution in [0.4, 0.5) is 5.69 Å². The summed E-state index contributed by atoms with van der Waals surface area (Å²) >= 11 is 5.93. The Labute approximate surface area is 167 Å². The van der Waals surface area contributed by atoms with E-state index in [0.717, 1.165) is 0 Å². The first-order valence-electron chi connectivity index (χ1n) is 8.35. The summed E-state index contributed by atoms with van der Waals surface area (Å²) in [5.74, 6) is -0.414. The van der Waals surface area contributed by atoms with Gasteiger partial charge in [-0.15, -0.1) is 0 Å². The number of nitrogens with zero attached hydrogens (tertiary/aromatic N) is 1. The molecular formula is C20H19ClN2O5. The summed E-state index contributed by atoms with van der Waals surface area (Å²) < 4.78 is 15.8. The fourth-order valence-electron chi connectivity index (χ4n) is 2.20. The van der Waals surface area contributed by atoms with Crippen molar-refractivity contribution in [3.8, 4) is 17.6 Å². The van der Waals surface area contributed by atoms with E-state index in [-0.39, 0.29) is 0 Å². The van der Waals surface area contributed by atoms with Crippen molar-refractivity contribution in [3.05, 3.63) is 53.1 Å². The molecule has 1 N–H and O–H groups in total. The predicted molar refractivity (Wildman–Crippen MR) is 103 cm³/mol. The number of carbonyl (C=O) groups is 2. The highest BCUT2D eigenvalue weighted by Gasteiger charge is 2.24. The van der Waals surface area contributed by atoms with Gasteiger partial charge in [-0.2, -0.15) is 5.26 Å². The van der Waals surface area contributed by atoms with E-state index in [1.807, 2.05) is 6.07 Å². The molecule has 2 atom stereocenters. The van der Waals surface area contributed by atoms with Crippen molar-refractivity contribution in [3.63, 3.8) is 0 Å². The third-order valence-electron chi connectivity index (χ3n) is 3.71. The number of methoxy groups -OCH3 is 1. The van der Waals surface area contributed by atoms with Crippen molar-refractivity contribution in [1.29, 1.82) is 5.26 Å². The zero-order chi connectivity index (χ0) is 20.7. The molecule has 7 nitrogen and oxygen atoms in total. The van der Waals surface area contributed by atoms with Crippen LogP contribution in [0.2, 0.25) is 5.02 Å². The summed E-state index contributed by atoms with van der Waals surface area (Å²) in [6.07, 6.45) is -2.01. The molecule has 0 radical (unpaired) electrons. The molecular weight excluding hydrogens is 384 g/mol. The van der Waals surface area contributed by atoms with E-state index in [9.17, 15) is 9.59 Å². The Hall–Kier alpha value is -3.24. The molecule has 2 rings (SSSR count). The van der Waals surface area contributed by atoms with E-state index in [1.54, 1.807) is 36.4 Å². The normalized spacial score (nSPS) is 12.2. The van der Waals surface area contributed by atoms with Crippen LogP contribution in [0, 0.1) is 11.3 Å². The lowest BCUT2D eigenvalue weighted by Gasteiger charge is -2.18. The summed E-state index contributed by atoms with van der Waals surface area (Å²) in [5, 5.41) is 11.8. The molecule has 0 saturated heterocycles. The number of rotatable bonds is 7. The summed E-state index contributed by atoms with van der Waals surface area (Å²) in [6, 6.07) is 13.1. The first kappa shape index (κ1) is 21.1. The summed E-state index contributed by atoms with van der Waals surface area (Å²) in [7, 11) is 1.46. The fraction of sp³-hybridized carbons (Fsp3) is 0.250. The molecule has 28 heavy (non-hydrogen) atoms. The first-order chi connectivity index (χ1) is 13.3. The Morgan fingerprint density at radius 1 is 1.11 bits per heavy atom. The number of amides is 1. The second kappa shape index (κ2) is 9.62. The van der Waals surface area contributed by atoms with Crippen molar-refractivity contribution >= 4 is 29.2 Å². The Bertz CT molecular complexity index is 892. The van der Waals surface area contributed by atoms with Crippen LogP contribution in [0.25, 0.3) is 0 Å². The standard InChI is InChI=1S/C20H19ClN2O5/c1-12(19(24)23-17-10-15(21)6-9-18(17)26-3)28-20(25)13(2)27-16-7-4-14(11-22)5-8-16/h4-10,12-13H,1-3H3,(H,23,24)/t12-,13-/m1/s1. The first-order valence-corrected chi connectivity index (χ1v) is 8.73. The van der Waals surface area contributed by atoms with Crippen molar-refractivity contribution in [1.82, 2.24) is 0 Å². The molecule has 0 aliphatic rings. The maximum Gasteiger partial charge on any atom is 0.347 e. The van der Waals surface area contributed by atoms with Gasteiger partial charge in [0.1, 0.15) is 11.5 Å². The van der Waals surface area contributed by atoms with Gasteiger partial charge in [-0.1, -0.05) is 11.6 Å². The number of anilines is 1. The average Bonchev–Trinajstić information content (AvgIpc) is 2.68. The zero-order valence-electron chi connectivity index (χ0n) is 15.6. The molecule has 8 heteroatoms. The lowest BCUT2D eigenvalue weighted by molar-refractivity contribution is -0.159. The Morgan fingerprint density at radius 3 is 2.39 bits per heavy atom. The summed E-state index contributed by atoms with van der Waals surface area (Å²) in [6.45, 7) is 2.95. The number of hydrogen-bond acceptors (Lipinski definition) is 6.